The highest BCUT2D eigenvalue weighted by Gasteiger charge is 2.19. The van der Waals surface area contributed by atoms with Crippen LogP contribution in [0.25, 0.3) is 22.0 Å². The van der Waals surface area contributed by atoms with Gasteiger partial charge in [0.05, 0.1) is 18.6 Å². The highest BCUT2D eigenvalue weighted by molar-refractivity contribution is 5.94. The second-order valence-corrected chi connectivity index (χ2v) is 6.90. The molecule has 3 aromatic rings. The van der Waals surface area contributed by atoms with Crippen molar-refractivity contribution >= 4 is 28.3 Å². The number of carbonyl (C=O) groups is 1. The average Bonchev–Trinajstić information content (AvgIpc) is 3.14. The summed E-state index contributed by atoms with van der Waals surface area (Å²) in [5, 5.41) is 3.53. The maximum atomic E-state index is 14.2. The van der Waals surface area contributed by atoms with Crippen molar-refractivity contribution in [1.29, 1.82) is 0 Å². The number of halogens is 1. The molecule has 0 unspecified atom stereocenters. The molecule has 2 heterocycles. The molecule has 0 aliphatic carbocycles. The van der Waals surface area contributed by atoms with E-state index in [-0.39, 0.29) is 5.91 Å². The summed E-state index contributed by atoms with van der Waals surface area (Å²) >= 11 is 0. The summed E-state index contributed by atoms with van der Waals surface area (Å²) in [5.41, 5.74) is 8.54. The normalized spacial score (nSPS) is 14.6. The maximum absolute atomic E-state index is 14.2. The van der Waals surface area contributed by atoms with E-state index in [1.807, 2.05) is 18.2 Å². The zero-order valence-electron chi connectivity index (χ0n) is 14.8. The number of fused-ring (bicyclic) bond motifs is 1. The van der Waals surface area contributed by atoms with Crippen LogP contribution in [0.3, 0.4) is 0 Å². The van der Waals surface area contributed by atoms with Gasteiger partial charge < -0.3 is 16.0 Å². The Labute approximate surface area is 156 Å². The number of likely N-dealkylation sites (tertiary alicyclic amines) is 1. The summed E-state index contributed by atoms with van der Waals surface area (Å²) in [6.45, 7) is 2.44. The number of nitrogens with zero attached hydrogens (tertiary/aromatic N) is 2. The number of benzene rings is 2. The van der Waals surface area contributed by atoms with Crippen LogP contribution in [0.2, 0.25) is 0 Å². The average molecular weight is 366 g/mol. The number of hydrogen-bond acceptors (Lipinski definition) is 4. The summed E-state index contributed by atoms with van der Waals surface area (Å²) in [6, 6.07) is 10.0. The van der Waals surface area contributed by atoms with Gasteiger partial charge in [0, 0.05) is 23.9 Å². The maximum Gasteiger partial charge on any atom is 0.279 e. The fourth-order valence-corrected chi connectivity index (χ4v) is 3.57. The zero-order chi connectivity index (χ0) is 18.8. The smallest absolute Gasteiger partial charge is 0.279 e. The third-order valence-corrected chi connectivity index (χ3v) is 4.90. The van der Waals surface area contributed by atoms with E-state index in [0.29, 0.717) is 29.0 Å². The third kappa shape index (κ3) is 3.88. The standard InChI is InChI=1S/C20H20FN5O/c21-15-7-14(13-3-4-18-17(9-13)20(22)24-12-23-18)8-16(10-15)25-19(27)11-26-5-1-2-6-26/h3-4,7-10,12H,1-2,5-6,11H2,(H,25,27)(H2,22,23,24)/p+1. The fourth-order valence-electron chi connectivity index (χ4n) is 3.57. The van der Waals surface area contributed by atoms with Gasteiger partial charge in [-0.1, -0.05) is 6.07 Å². The Kier molecular flexibility index (Phi) is 4.68. The number of aromatic nitrogens is 2. The number of quaternary nitrogens is 1. The first kappa shape index (κ1) is 17.4. The number of nitrogen functional groups attached to an aromatic ring is 1. The molecule has 1 saturated heterocycles. The molecule has 6 nitrogen and oxygen atoms in total. The van der Waals surface area contributed by atoms with Gasteiger partial charge in [-0.05, 0) is 41.5 Å². The SMILES string of the molecule is Nc1ncnc2ccc(-c3cc(F)cc(NC(=O)C[NH+]4CCCC4)c3)cc12. The zero-order valence-corrected chi connectivity index (χ0v) is 14.8. The van der Waals surface area contributed by atoms with Crippen molar-refractivity contribution in [2.45, 2.75) is 12.8 Å². The van der Waals surface area contributed by atoms with Crippen LogP contribution >= 0.6 is 0 Å². The summed E-state index contributed by atoms with van der Waals surface area (Å²) in [4.78, 5) is 21.7. The van der Waals surface area contributed by atoms with Gasteiger partial charge in [-0.25, -0.2) is 14.4 Å². The van der Waals surface area contributed by atoms with Gasteiger partial charge in [-0.3, -0.25) is 4.79 Å². The second kappa shape index (κ2) is 7.28. The molecule has 4 N–H and O–H groups in total. The van der Waals surface area contributed by atoms with Crippen molar-refractivity contribution in [2.75, 3.05) is 30.7 Å². The van der Waals surface area contributed by atoms with E-state index < -0.39 is 5.82 Å². The van der Waals surface area contributed by atoms with Crippen LogP contribution in [0.15, 0.2) is 42.7 Å². The minimum Gasteiger partial charge on any atom is -0.383 e. The predicted octanol–water partition coefficient (Wildman–Crippen LogP) is 1.64. The van der Waals surface area contributed by atoms with Gasteiger partial charge >= 0.3 is 0 Å². The molecule has 1 aromatic heterocycles. The number of nitrogens with one attached hydrogen (secondary N) is 2. The van der Waals surface area contributed by atoms with Crippen LogP contribution in [0.4, 0.5) is 15.9 Å². The number of rotatable bonds is 4. The molecule has 0 atom stereocenters. The molecule has 0 bridgehead atoms. The van der Waals surface area contributed by atoms with Gasteiger partial charge in [0.1, 0.15) is 18.0 Å². The highest BCUT2D eigenvalue weighted by atomic mass is 19.1. The predicted molar refractivity (Wildman–Crippen MR) is 103 cm³/mol. The molecule has 27 heavy (non-hydrogen) atoms. The largest absolute Gasteiger partial charge is 0.383 e. The molecule has 7 heteroatoms. The van der Waals surface area contributed by atoms with Gasteiger partial charge in [-0.2, -0.15) is 0 Å². The summed E-state index contributed by atoms with van der Waals surface area (Å²) in [5.74, 6) is -0.131. The Hall–Kier alpha value is -3.06. The molecule has 0 saturated carbocycles. The van der Waals surface area contributed by atoms with Crippen LogP contribution in [0, 0.1) is 5.82 Å². The molecule has 0 spiro atoms. The van der Waals surface area contributed by atoms with Gasteiger partial charge in [0.2, 0.25) is 0 Å². The van der Waals surface area contributed by atoms with E-state index in [2.05, 4.69) is 15.3 Å². The molecular weight excluding hydrogens is 345 g/mol. The Balaban J connectivity index is 1.60. The van der Waals surface area contributed by atoms with Crippen molar-refractivity contribution in [3.05, 3.63) is 48.5 Å². The Morgan fingerprint density at radius 1 is 1.11 bits per heavy atom. The van der Waals surface area contributed by atoms with E-state index in [1.165, 1.54) is 23.4 Å². The van der Waals surface area contributed by atoms with Crippen molar-refractivity contribution in [3.63, 3.8) is 0 Å². The molecule has 1 amide bonds. The first-order valence-electron chi connectivity index (χ1n) is 9.03. The van der Waals surface area contributed by atoms with Crippen LogP contribution in [0.1, 0.15) is 12.8 Å². The summed E-state index contributed by atoms with van der Waals surface area (Å²) in [7, 11) is 0. The second-order valence-electron chi connectivity index (χ2n) is 6.90. The lowest BCUT2D eigenvalue weighted by Crippen LogP contribution is -3.11. The molecule has 4 rings (SSSR count). The van der Waals surface area contributed by atoms with Crippen molar-refractivity contribution < 1.29 is 14.1 Å². The summed E-state index contributed by atoms with van der Waals surface area (Å²) in [6.07, 6.45) is 3.72. The van der Waals surface area contributed by atoms with E-state index in [1.54, 1.807) is 6.07 Å². The summed E-state index contributed by atoms with van der Waals surface area (Å²) < 4.78 is 14.2. The molecular formula is C20H21FN5O+. The van der Waals surface area contributed by atoms with Gasteiger partial charge in [-0.15, -0.1) is 0 Å². The van der Waals surface area contributed by atoms with Crippen molar-refractivity contribution in [2.24, 2.45) is 0 Å². The lowest BCUT2D eigenvalue weighted by Gasteiger charge is -2.13. The Bertz CT molecular complexity index is 1000. The highest BCUT2D eigenvalue weighted by Crippen LogP contribution is 2.28. The first-order chi connectivity index (χ1) is 13.1. The lowest BCUT2D eigenvalue weighted by atomic mass is 10.0. The van der Waals surface area contributed by atoms with Gasteiger partial charge in [0.15, 0.2) is 6.54 Å². The van der Waals surface area contributed by atoms with Crippen LogP contribution in [-0.2, 0) is 4.79 Å². The lowest BCUT2D eigenvalue weighted by molar-refractivity contribution is -0.878. The third-order valence-electron chi connectivity index (χ3n) is 4.90. The quantitative estimate of drug-likeness (QED) is 0.655. The van der Waals surface area contributed by atoms with Crippen molar-refractivity contribution in [1.82, 2.24) is 9.97 Å². The monoisotopic (exact) mass is 366 g/mol. The molecule has 1 fully saturated rings. The van der Waals surface area contributed by atoms with Crippen LogP contribution in [-0.4, -0.2) is 35.5 Å². The van der Waals surface area contributed by atoms with Crippen molar-refractivity contribution in [3.8, 4) is 11.1 Å². The minimum absolute atomic E-state index is 0.0976. The van der Waals surface area contributed by atoms with Gasteiger partial charge in [0.25, 0.3) is 5.91 Å². The molecule has 2 aromatic carbocycles. The van der Waals surface area contributed by atoms with E-state index in [0.717, 1.165) is 37.0 Å². The molecule has 1 aliphatic heterocycles. The number of carbonyl (C=O) groups excluding carboxylic acids is 1. The Morgan fingerprint density at radius 3 is 2.74 bits per heavy atom. The number of hydrogen-bond donors (Lipinski definition) is 3. The Morgan fingerprint density at radius 2 is 1.93 bits per heavy atom. The first-order valence-corrected chi connectivity index (χ1v) is 9.03. The van der Waals surface area contributed by atoms with E-state index in [9.17, 15) is 9.18 Å². The number of anilines is 2. The van der Waals surface area contributed by atoms with Crippen LogP contribution < -0.4 is 16.0 Å². The molecule has 138 valence electrons. The molecule has 1 aliphatic rings. The van der Waals surface area contributed by atoms with Crippen LogP contribution in [0.5, 0.6) is 0 Å². The topological polar surface area (TPSA) is 85.3 Å². The van der Waals surface area contributed by atoms with E-state index >= 15 is 0 Å². The number of nitrogens with two attached hydrogens (primary N) is 1. The number of amides is 1. The fraction of sp³-hybridized carbons (Fsp3) is 0.250. The van der Waals surface area contributed by atoms with E-state index in [4.69, 9.17) is 5.73 Å². The molecule has 0 radical (unpaired) electrons. The minimum atomic E-state index is -0.409.